The highest BCUT2D eigenvalue weighted by Crippen LogP contribution is 2.27. The zero-order valence-electron chi connectivity index (χ0n) is 9.91. The molecule has 0 saturated carbocycles. The predicted molar refractivity (Wildman–Crippen MR) is 77.0 cm³/mol. The summed E-state index contributed by atoms with van der Waals surface area (Å²) in [6.45, 7) is 0.611. The molecule has 0 radical (unpaired) electrons. The third kappa shape index (κ3) is 2.03. The smallest absolute Gasteiger partial charge is 0.0814 e. The van der Waals surface area contributed by atoms with Crippen LogP contribution in [0.4, 0.5) is 0 Å². The normalized spacial score (nSPS) is 12.7. The highest BCUT2D eigenvalue weighted by atomic mass is 32.1. The van der Waals surface area contributed by atoms with E-state index in [0.717, 1.165) is 5.52 Å². The predicted octanol–water partition coefficient (Wildman–Crippen LogP) is 3.39. The van der Waals surface area contributed by atoms with Crippen molar-refractivity contribution in [3.8, 4) is 0 Å². The van der Waals surface area contributed by atoms with Gasteiger partial charge in [0.05, 0.1) is 15.7 Å². The first-order valence-electron chi connectivity index (χ1n) is 5.96. The molecule has 1 unspecified atom stereocenters. The first kappa shape index (κ1) is 11.4. The number of aromatic nitrogens is 1. The lowest BCUT2D eigenvalue weighted by atomic mass is 9.91. The molecule has 0 amide bonds. The fourth-order valence-corrected chi connectivity index (χ4v) is 2.90. The quantitative estimate of drug-likeness (QED) is 0.778. The Morgan fingerprint density at radius 1 is 1.06 bits per heavy atom. The zero-order valence-corrected chi connectivity index (χ0v) is 10.7. The highest BCUT2D eigenvalue weighted by Gasteiger charge is 2.12. The topological polar surface area (TPSA) is 38.9 Å². The molecule has 0 fully saturated rings. The second-order valence-electron chi connectivity index (χ2n) is 4.28. The minimum Gasteiger partial charge on any atom is -0.330 e. The van der Waals surface area contributed by atoms with Crippen molar-refractivity contribution >= 4 is 21.6 Å². The second kappa shape index (κ2) is 4.88. The minimum absolute atomic E-state index is 0.248. The molecule has 3 heteroatoms. The Hall–Kier alpha value is -1.71. The standard InChI is InChI=1S/C15H14N2S/c16-9-13(11-4-2-1-3-5-11)12-6-7-15-14(8-12)17-10-18-15/h1-8,10,13H,9,16H2. The zero-order chi connectivity index (χ0) is 12.4. The largest absolute Gasteiger partial charge is 0.330 e. The van der Waals surface area contributed by atoms with Gasteiger partial charge in [0, 0.05) is 12.5 Å². The van der Waals surface area contributed by atoms with E-state index >= 15 is 0 Å². The number of benzene rings is 2. The second-order valence-corrected chi connectivity index (χ2v) is 5.16. The molecule has 0 bridgehead atoms. The lowest BCUT2D eigenvalue weighted by Crippen LogP contribution is -2.13. The number of nitrogens with two attached hydrogens (primary N) is 1. The van der Waals surface area contributed by atoms with Crippen LogP contribution in [0.15, 0.2) is 54.0 Å². The van der Waals surface area contributed by atoms with Crippen LogP contribution in [-0.4, -0.2) is 11.5 Å². The number of rotatable bonds is 3. The van der Waals surface area contributed by atoms with Gasteiger partial charge in [0.25, 0.3) is 0 Å². The van der Waals surface area contributed by atoms with Gasteiger partial charge in [0.2, 0.25) is 0 Å². The van der Waals surface area contributed by atoms with Crippen LogP contribution in [0.25, 0.3) is 10.2 Å². The van der Waals surface area contributed by atoms with Gasteiger partial charge in [0.1, 0.15) is 0 Å². The summed E-state index contributed by atoms with van der Waals surface area (Å²) >= 11 is 1.67. The van der Waals surface area contributed by atoms with Crippen molar-refractivity contribution in [1.82, 2.24) is 4.98 Å². The first-order chi connectivity index (χ1) is 8.88. The van der Waals surface area contributed by atoms with Crippen molar-refractivity contribution in [2.45, 2.75) is 5.92 Å². The van der Waals surface area contributed by atoms with Crippen molar-refractivity contribution < 1.29 is 0 Å². The fraction of sp³-hybridized carbons (Fsp3) is 0.133. The number of hydrogen-bond donors (Lipinski definition) is 1. The van der Waals surface area contributed by atoms with Crippen molar-refractivity contribution in [3.05, 3.63) is 65.2 Å². The molecule has 1 aromatic heterocycles. The Morgan fingerprint density at radius 2 is 1.89 bits per heavy atom. The van der Waals surface area contributed by atoms with Crippen LogP contribution in [0.3, 0.4) is 0 Å². The van der Waals surface area contributed by atoms with Crippen molar-refractivity contribution in [2.24, 2.45) is 5.73 Å². The summed E-state index contributed by atoms with van der Waals surface area (Å²) in [4.78, 5) is 4.37. The molecular weight excluding hydrogens is 240 g/mol. The Labute approximate surface area is 110 Å². The fourth-order valence-electron chi connectivity index (χ4n) is 2.24. The van der Waals surface area contributed by atoms with Gasteiger partial charge in [-0.3, -0.25) is 0 Å². The molecule has 3 rings (SSSR count). The van der Waals surface area contributed by atoms with Crippen molar-refractivity contribution in [3.63, 3.8) is 0 Å². The lowest BCUT2D eigenvalue weighted by molar-refractivity contribution is 0.820. The van der Waals surface area contributed by atoms with Crippen LogP contribution in [0.2, 0.25) is 0 Å². The third-order valence-corrected chi connectivity index (χ3v) is 4.00. The maximum Gasteiger partial charge on any atom is 0.0814 e. The monoisotopic (exact) mass is 254 g/mol. The molecular formula is C15H14N2S. The highest BCUT2D eigenvalue weighted by molar-refractivity contribution is 7.16. The Kier molecular flexibility index (Phi) is 3.09. The van der Waals surface area contributed by atoms with Crippen LogP contribution in [0.1, 0.15) is 17.0 Å². The molecule has 0 aliphatic carbocycles. The average Bonchev–Trinajstić information content (AvgIpc) is 2.88. The molecule has 3 aromatic rings. The Balaban J connectivity index is 2.05. The van der Waals surface area contributed by atoms with E-state index in [9.17, 15) is 0 Å². The Bertz CT molecular complexity index is 646. The van der Waals surface area contributed by atoms with Crippen LogP contribution < -0.4 is 5.73 Å². The van der Waals surface area contributed by atoms with Crippen LogP contribution in [0.5, 0.6) is 0 Å². The molecule has 90 valence electrons. The van der Waals surface area contributed by atoms with E-state index in [0.29, 0.717) is 6.54 Å². The number of thiazole rings is 1. The summed E-state index contributed by atoms with van der Waals surface area (Å²) in [5.74, 6) is 0.248. The minimum atomic E-state index is 0.248. The molecule has 2 nitrogen and oxygen atoms in total. The van der Waals surface area contributed by atoms with E-state index in [1.165, 1.54) is 15.8 Å². The molecule has 0 saturated heterocycles. The summed E-state index contributed by atoms with van der Waals surface area (Å²) in [6, 6.07) is 16.8. The molecule has 1 atom stereocenters. The van der Waals surface area contributed by atoms with Crippen molar-refractivity contribution in [1.29, 1.82) is 0 Å². The SMILES string of the molecule is NCC(c1ccccc1)c1ccc2scnc2c1. The molecule has 1 heterocycles. The molecule has 18 heavy (non-hydrogen) atoms. The van der Waals surface area contributed by atoms with E-state index in [4.69, 9.17) is 5.73 Å². The average molecular weight is 254 g/mol. The maximum atomic E-state index is 5.94. The van der Waals surface area contributed by atoms with Gasteiger partial charge in [-0.15, -0.1) is 11.3 Å². The van der Waals surface area contributed by atoms with Gasteiger partial charge in [-0.2, -0.15) is 0 Å². The van der Waals surface area contributed by atoms with E-state index in [1.807, 2.05) is 11.6 Å². The molecule has 0 aliphatic rings. The van der Waals surface area contributed by atoms with E-state index in [-0.39, 0.29) is 5.92 Å². The van der Waals surface area contributed by atoms with Crippen molar-refractivity contribution in [2.75, 3.05) is 6.54 Å². The van der Waals surface area contributed by atoms with Gasteiger partial charge < -0.3 is 5.73 Å². The van der Waals surface area contributed by atoms with Gasteiger partial charge in [-0.05, 0) is 23.3 Å². The molecule has 0 aliphatic heterocycles. The molecule has 0 spiro atoms. The number of fused-ring (bicyclic) bond motifs is 1. The summed E-state index contributed by atoms with van der Waals surface area (Å²) in [5, 5.41) is 0. The summed E-state index contributed by atoms with van der Waals surface area (Å²) in [5.41, 5.74) is 11.4. The van der Waals surface area contributed by atoms with Gasteiger partial charge >= 0.3 is 0 Å². The van der Waals surface area contributed by atoms with Crippen LogP contribution >= 0.6 is 11.3 Å². The van der Waals surface area contributed by atoms with E-state index in [2.05, 4.69) is 47.4 Å². The number of hydrogen-bond acceptors (Lipinski definition) is 3. The Morgan fingerprint density at radius 3 is 2.67 bits per heavy atom. The molecule has 2 aromatic carbocycles. The lowest BCUT2D eigenvalue weighted by Gasteiger charge is -2.15. The summed E-state index contributed by atoms with van der Waals surface area (Å²) < 4.78 is 1.22. The van der Waals surface area contributed by atoms with Gasteiger partial charge in [-0.25, -0.2) is 4.98 Å². The van der Waals surface area contributed by atoms with Crippen LogP contribution in [0, 0.1) is 0 Å². The van der Waals surface area contributed by atoms with E-state index < -0.39 is 0 Å². The molecule has 2 N–H and O–H groups in total. The summed E-state index contributed by atoms with van der Waals surface area (Å²) in [6.07, 6.45) is 0. The summed E-state index contributed by atoms with van der Waals surface area (Å²) in [7, 11) is 0. The van der Waals surface area contributed by atoms with Gasteiger partial charge in [-0.1, -0.05) is 36.4 Å². The first-order valence-corrected chi connectivity index (χ1v) is 6.84. The van der Waals surface area contributed by atoms with E-state index in [1.54, 1.807) is 11.3 Å². The third-order valence-electron chi connectivity index (χ3n) is 3.19. The number of nitrogens with zero attached hydrogens (tertiary/aromatic N) is 1. The maximum absolute atomic E-state index is 5.94. The van der Waals surface area contributed by atoms with Gasteiger partial charge in [0.15, 0.2) is 0 Å². The van der Waals surface area contributed by atoms with Crippen LogP contribution in [-0.2, 0) is 0 Å².